The van der Waals surface area contributed by atoms with Crippen LogP contribution in [-0.2, 0) is 24.3 Å². The Morgan fingerprint density at radius 1 is 1.03 bits per heavy atom. The predicted molar refractivity (Wildman–Crippen MR) is 126 cm³/mol. The van der Waals surface area contributed by atoms with Gasteiger partial charge in [-0.3, -0.25) is 4.79 Å². The number of benzene rings is 2. The Kier molecular flexibility index (Phi) is 7.39. The van der Waals surface area contributed by atoms with Crippen molar-refractivity contribution in [3.05, 3.63) is 75.1 Å². The van der Waals surface area contributed by atoms with Gasteiger partial charge < -0.3 is 15.4 Å². The van der Waals surface area contributed by atoms with Gasteiger partial charge in [-0.05, 0) is 44.2 Å². The average Bonchev–Trinajstić information content (AvgIpc) is 3.17. The molecule has 0 spiro atoms. The van der Waals surface area contributed by atoms with E-state index >= 15 is 0 Å². The van der Waals surface area contributed by atoms with Gasteiger partial charge in [-0.15, -0.1) is 0 Å². The van der Waals surface area contributed by atoms with Gasteiger partial charge in [0.2, 0.25) is 10.0 Å². The van der Waals surface area contributed by atoms with Crippen LogP contribution in [0.15, 0.2) is 75.1 Å². The molecule has 0 fully saturated rings. The Bertz CT molecular complexity index is 1190. The van der Waals surface area contributed by atoms with Crippen molar-refractivity contribution in [3.8, 4) is 11.1 Å². The van der Waals surface area contributed by atoms with Crippen LogP contribution < -0.4 is 15.4 Å². The number of anilines is 1. The molecule has 168 valence electrons. The summed E-state index contributed by atoms with van der Waals surface area (Å²) in [6.45, 7) is 3.23. The fraction of sp³-hybridized carbons (Fsp3) is 0.182. The number of carbonyl (C=O) groups excluding carboxylic acids is 2. The molecule has 3 rings (SSSR count). The SMILES string of the molecule is CCOC(=O)C(C(=O)Nc1ccc(-c2ccccc2)cc1)=C1NC(C)=C(S(=O)(=O)NC)S1. The van der Waals surface area contributed by atoms with Gasteiger partial charge in [0, 0.05) is 11.4 Å². The molecule has 0 unspecified atom stereocenters. The third-order valence-corrected chi connectivity index (χ3v) is 7.74. The first-order chi connectivity index (χ1) is 15.3. The fourth-order valence-corrected chi connectivity index (χ4v) is 5.39. The maximum Gasteiger partial charge on any atom is 0.346 e. The van der Waals surface area contributed by atoms with Crippen LogP contribution in [-0.4, -0.2) is 33.9 Å². The molecular weight excluding hydrogens is 450 g/mol. The van der Waals surface area contributed by atoms with Crippen molar-refractivity contribution >= 4 is 39.3 Å². The van der Waals surface area contributed by atoms with Gasteiger partial charge in [0.15, 0.2) is 5.57 Å². The van der Waals surface area contributed by atoms with Crippen LogP contribution in [0.4, 0.5) is 5.69 Å². The molecular formula is C22H23N3O5S2. The van der Waals surface area contributed by atoms with E-state index in [2.05, 4.69) is 15.4 Å². The molecule has 1 aliphatic rings. The van der Waals surface area contributed by atoms with Crippen molar-refractivity contribution in [2.24, 2.45) is 0 Å². The van der Waals surface area contributed by atoms with E-state index < -0.39 is 21.9 Å². The third kappa shape index (κ3) is 5.21. The van der Waals surface area contributed by atoms with Crippen molar-refractivity contribution in [1.29, 1.82) is 0 Å². The smallest absolute Gasteiger partial charge is 0.346 e. The number of carbonyl (C=O) groups is 2. The van der Waals surface area contributed by atoms with Crippen LogP contribution in [0.5, 0.6) is 0 Å². The highest BCUT2D eigenvalue weighted by Gasteiger charge is 2.34. The summed E-state index contributed by atoms with van der Waals surface area (Å²) in [7, 11) is -2.47. The first kappa shape index (κ1) is 23.6. The zero-order chi connectivity index (χ0) is 23.3. The third-order valence-electron chi connectivity index (χ3n) is 4.50. The Labute approximate surface area is 191 Å². The van der Waals surface area contributed by atoms with Crippen molar-refractivity contribution < 1.29 is 22.7 Å². The number of thioether (sulfide) groups is 1. The molecule has 0 bridgehead atoms. The quantitative estimate of drug-likeness (QED) is 0.245. The number of rotatable bonds is 7. The minimum Gasteiger partial charge on any atom is -0.462 e. The standard InChI is InChI=1S/C22H23N3O5S2/c1-4-30-21(27)18(20-24-14(2)22(31-20)32(28,29)23-3)19(26)25-17-12-10-16(11-13-17)15-8-6-5-7-9-15/h5-13,23-24H,4H2,1-3H3,(H,25,26). The summed E-state index contributed by atoms with van der Waals surface area (Å²) >= 11 is 0.787. The van der Waals surface area contributed by atoms with Gasteiger partial charge in [0.25, 0.3) is 5.91 Å². The molecule has 1 amide bonds. The molecule has 10 heteroatoms. The van der Waals surface area contributed by atoms with E-state index in [4.69, 9.17) is 4.74 Å². The normalized spacial score (nSPS) is 15.2. The summed E-state index contributed by atoms with van der Waals surface area (Å²) in [5, 5.41) is 5.60. The van der Waals surface area contributed by atoms with Gasteiger partial charge in [0.1, 0.15) is 4.24 Å². The molecule has 3 N–H and O–H groups in total. The van der Waals surface area contributed by atoms with Gasteiger partial charge in [-0.25, -0.2) is 17.9 Å². The second-order valence-corrected chi connectivity index (χ2v) is 9.77. The van der Waals surface area contributed by atoms with E-state index in [0.717, 1.165) is 22.9 Å². The van der Waals surface area contributed by atoms with Crippen LogP contribution >= 0.6 is 11.8 Å². The van der Waals surface area contributed by atoms with Gasteiger partial charge in [-0.1, -0.05) is 54.2 Å². The lowest BCUT2D eigenvalue weighted by atomic mass is 10.1. The Morgan fingerprint density at radius 3 is 2.25 bits per heavy atom. The molecule has 0 aromatic heterocycles. The Hall–Kier alpha value is -3.08. The second kappa shape index (κ2) is 10.0. The van der Waals surface area contributed by atoms with Crippen molar-refractivity contribution in [1.82, 2.24) is 10.0 Å². The Balaban J connectivity index is 1.87. The highest BCUT2D eigenvalue weighted by molar-refractivity contribution is 8.20. The predicted octanol–water partition coefficient (Wildman–Crippen LogP) is 3.14. The minimum absolute atomic E-state index is 0.0168. The molecule has 2 aromatic carbocycles. The van der Waals surface area contributed by atoms with Crippen molar-refractivity contribution in [3.63, 3.8) is 0 Å². The van der Waals surface area contributed by atoms with Crippen LogP contribution in [0, 0.1) is 0 Å². The molecule has 32 heavy (non-hydrogen) atoms. The summed E-state index contributed by atoms with van der Waals surface area (Å²) in [5.41, 5.74) is 2.49. The van der Waals surface area contributed by atoms with E-state index in [0.29, 0.717) is 11.4 Å². The molecule has 0 radical (unpaired) electrons. The second-order valence-electron chi connectivity index (χ2n) is 6.67. The largest absolute Gasteiger partial charge is 0.462 e. The number of amides is 1. The number of allylic oxidation sites excluding steroid dienone is 1. The lowest BCUT2D eigenvalue weighted by Crippen LogP contribution is -2.26. The number of ether oxygens (including phenoxy) is 1. The topological polar surface area (TPSA) is 114 Å². The van der Waals surface area contributed by atoms with Gasteiger partial charge >= 0.3 is 5.97 Å². The first-order valence-electron chi connectivity index (χ1n) is 9.74. The van der Waals surface area contributed by atoms with E-state index in [-0.39, 0.29) is 21.4 Å². The monoisotopic (exact) mass is 473 g/mol. The highest BCUT2D eigenvalue weighted by atomic mass is 32.3. The number of esters is 1. The summed E-state index contributed by atoms with van der Waals surface area (Å²) in [6, 6.07) is 16.9. The maximum atomic E-state index is 13.0. The van der Waals surface area contributed by atoms with Crippen LogP contribution in [0.2, 0.25) is 0 Å². The summed E-state index contributed by atoms with van der Waals surface area (Å²) in [6.07, 6.45) is 0. The molecule has 2 aromatic rings. The van der Waals surface area contributed by atoms with E-state index in [1.54, 1.807) is 26.0 Å². The summed E-state index contributed by atoms with van der Waals surface area (Å²) < 4.78 is 31.7. The summed E-state index contributed by atoms with van der Waals surface area (Å²) in [4.78, 5) is 25.6. The maximum absolute atomic E-state index is 13.0. The Morgan fingerprint density at radius 2 is 1.66 bits per heavy atom. The first-order valence-corrected chi connectivity index (χ1v) is 12.0. The molecule has 0 aliphatic carbocycles. The molecule has 1 heterocycles. The molecule has 0 saturated carbocycles. The number of hydrogen-bond acceptors (Lipinski definition) is 7. The van der Waals surface area contributed by atoms with Crippen molar-refractivity contribution in [2.45, 2.75) is 13.8 Å². The van der Waals surface area contributed by atoms with Crippen LogP contribution in [0.3, 0.4) is 0 Å². The zero-order valence-electron chi connectivity index (χ0n) is 17.8. The molecule has 0 atom stereocenters. The number of hydrogen-bond donors (Lipinski definition) is 3. The van der Waals surface area contributed by atoms with Crippen molar-refractivity contribution in [2.75, 3.05) is 19.0 Å². The number of nitrogens with one attached hydrogen (secondary N) is 3. The highest BCUT2D eigenvalue weighted by Crippen LogP contribution is 2.38. The molecule has 8 nitrogen and oxygen atoms in total. The summed E-state index contributed by atoms with van der Waals surface area (Å²) in [5.74, 6) is -1.56. The molecule has 1 aliphatic heterocycles. The zero-order valence-corrected chi connectivity index (χ0v) is 19.4. The molecule has 0 saturated heterocycles. The van der Waals surface area contributed by atoms with E-state index in [1.165, 1.54) is 7.05 Å². The minimum atomic E-state index is -3.76. The lowest BCUT2D eigenvalue weighted by molar-refractivity contribution is -0.139. The fourth-order valence-electron chi connectivity index (χ4n) is 2.94. The lowest BCUT2D eigenvalue weighted by Gasteiger charge is -2.12. The van der Waals surface area contributed by atoms with Crippen LogP contribution in [0.25, 0.3) is 11.1 Å². The average molecular weight is 474 g/mol. The number of sulfonamides is 1. The van der Waals surface area contributed by atoms with Gasteiger partial charge in [0.05, 0.1) is 11.6 Å². The van der Waals surface area contributed by atoms with Gasteiger partial charge in [-0.2, -0.15) is 0 Å². The van der Waals surface area contributed by atoms with Crippen LogP contribution in [0.1, 0.15) is 13.8 Å². The van der Waals surface area contributed by atoms with E-state index in [1.807, 2.05) is 42.5 Å². The van der Waals surface area contributed by atoms with E-state index in [9.17, 15) is 18.0 Å².